The van der Waals surface area contributed by atoms with Crippen LogP contribution in [0.15, 0.2) is 0 Å². The SMILES string of the molecule is CN1CC2(CCN(C(=O)C3(C#N)CCCC3)CC2)C1=O. The molecule has 1 saturated carbocycles. The van der Waals surface area contributed by atoms with Gasteiger partial charge in [0.05, 0.1) is 11.5 Å². The molecule has 0 atom stereocenters. The molecule has 0 radical (unpaired) electrons. The average molecular weight is 275 g/mol. The molecule has 0 bridgehead atoms. The molecule has 5 nitrogen and oxygen atoms in total. The first-order chi connectivity index (χ1) is 9.53. The number of piperidine rings is 1. The lowest BCUT2D eigenvalue weighted by Gasteiger charge is -2.51. The zero-order valence-electron chi connectivity index (χ0n) is 12.0. The number of nitriles is 1. The normalized spacial score (nSPS) is 27.3. The Morgan fingerprint density at radius 3 is 2.25 bits per heavy atom. The van der Waals surface area contributed by atoms with Crippen LogP contribution >= 0.6 is 0 Å². The van der Waals surface area contributed by atoms with Gasteiger partial charge in [0.25, 0.3) is 0 Å². The third-order valence-corrected chi connectivity index (χ3v) is 5.43. The zero-order chi connectivity index (χ0) is 14.4. The van der Waals surface area contributed by atoms with Gasteiger partial charge in [-0.3, -0.25) is 9.59 Å². The lowest BCUT2D eigenvalue weighted by molar-refractivity contribution is -0.165. The number of nitrogens with zero attached hydrogens (tertiary/aromatic N) is 3. The number of carbonyl (C=O) groups is 2. The molecule has 0 aromatic heterocycles. The molecule has 0 aromatic rings. The van der Waals surface area contributed by atoms with Crippen molar-refractivity contribution in [1.82, 2.24) is 9.80 Å². The van der Waals surface area contributed by atoms with Crippen molar-refractivity contribution >= 4 is 11.8 Å². The molecule has 0 N–H and O–H groups in total. The molecule has 2 amide bonds. The van der Waals surface area contributed by atoms with Crippen LogP contribution in [-0.4, -0.2) is 48.3 Å². The second-order valence-corrected chi connectivity index (χ2v) is 6.63. The second-order valence-electron chi connectivity index (χ2n) is 6.63. The summed E-state index contributed by atoms with van der Waals surface area (Å²) in [4.78, 5) is 28.2. The molecule has 0 unspecified atom stereocenters. The van der Waals surface area contributed by atoms with Gasteiger partial charge in [-0.1, -0.05) is 12.8 Å². The third kappa shape index (κ3) is 1.74. The second kappa shape index (κ2) is 4.47. The predicted molar refractivity (Wildman–Crippen MR) is 72.4 cm³/mol. The Hall–Kier alpha value is -1.57. The summed E-state index contributed by atoms with van der Waals surface area (Å²) in [5.41, 5.74) is -0.980. The van der Waals surface area contributed by atoms with E-state index in [0.717, 1.165) is 32.2 Å². The number of likely N-dealkylation sites (tertiary alicyclic amines) is 2. The summed E-state index contributed by atoms with van der Waals surface area (Å²) in [6.45, 7) is 2.07. The first-order valence-electron chi connectivity index (χ1n) is 7.49. The Balaban J connectivity index is 1.65. The molecule has 0 aromatic carbocycles. The molecule has 3 rings (SSSR count). The van der Waals surface area contributed by atoms with Gasteiger partial charge >= 0.3 is 0 Å². The van der Waals surface area contributed by atoms with Crippen LogP contribution in [0.2, 0.25) is 0 Å². The summed E-state index contributed by atoms with van der Waals surface area (Å²) in [6.07, 6.45) is 4.85. The summed E-state index contributed by atoms with van der Waals surface area (Å²) in [5.74, 6) is 0.230. The van der Waals surface area contributed by atoms with Crippen molar-refractivity contribution in [2.45, 2.75) is 38.5 Å². The van der Waals surface area contributed by atoms with E-state index in [9.17, 15) is 14.9 Å². The Kier molecular flexibility index (Phi) is 3.00. The molecule has 2 saturated heterocycles. The quantitative estimate of drug-likeness (QED) is 0.674. The molecule has 1 spiro atoms. The van der Waals surface area contributed by atoms with Gasteiger partial charge in [-0.25, -0.2) is 0 Å². The molecule has 1 aliphatic carbocycles. The number of rotatable bonds is 1. The van der Waals surface area contributed by atoms with Gasteiger partial charge in [-0.2, -0.15) is 5.26 Å². The Morgan fingerprint density at radius 2 is 1.80 bits per heavy atom. The summed E-state index contributed by atoms with van der Waals surface area (Å²) >= 11 is 0. The molecule has 2 heterocycles. The molecule has 3 fully saturated rings. The number of hydrogen-bond donors (Lipinski definition) is 0. The van der Waals surface area contributed by atoms with Crippen LogP contribution in [0.3, 0.4) is 0 Å². The minimum absolute atomic E-state index is 0.00692. The van der Waals surface area contributed by atoms with Crippen LogP contribution in [0.5, 0.6) is 0 Å². The smallest absolute Gasteiger partial charge is 0.243 e. The Bertz CT molecular complexity index is 480. The molecular formula is C15H21N3O2. The largest absolute Gasteiger partial charge is 0.344 e. The van der Waals surface area contributed by atoms with Crippen LogP contribution in [0.4, 0.5) is 0 Å². The maximum absolute atomic E-state index is 12.6. The van der Waals surface area contributed by atoms with Gasteiger partial charge in [0, 0.05) is 26.7 Å². The van der Waals surface area contributed by atoms with E-state index < -0.39 is 5.41 Å². The highest BCUT2D eigenvalue weighted by molar-refractivity contribution is 5.90. The standard InChI is InChI=1S/C15H21N3O2/c1-17-11-15(12(17)19)6-8-18(9-7-15)13(20)14(10-16)4-2-3-5-14/h2-9,11H2,1H3. The van der Waals surface area contributed by atoms with Gasteiger partial charge in [0.15, 0.2) is 0 Å². The molecule has 3 aliphatic rings. The third-order valence-electron chi connectivity index (χ3n) is 5.43. The lowest BCUT2D eigenvalue weighted by atomic mass is 9.71. The number of carbonyl (C=O) groups excluding carboxylic acids is 2. The van der Waals surface area contributed by atoms with Crippen LogP contribution in [0.1, 0.15) is 38.5 Å². The van der Waals surface area contributed by atoms with Gasteiger partial charge in [-0.05, 0) is 25.7 Å². The highest BCUT2D eigenvalue weighted by Gasteiger charge is 2.53. The summed E-state index contributed by atoms with van der Waals surface area (Å²) in [6, 6.07) is 2.27. The fraction of sp³-hybridized carbons (Fsp3) is 0.800. The number of amides is 2. The van der Waals surface area contributed by atoms with Crippen LogP contribution in [0, 0.1) is 22.2 Å². The van der Waals surface area contributed by atoms with Gasteiger partial charge in [0.1, 0.15) is 5.41 Å². The van der Waals surface area contributed by atoms with Gasteiger partial charge in [0.2, 0.25) is 11.8 Å². The minimum atomic E-state index is -0.773. The average Bonchev–Trinajstić information content (AvgIpc) is 2.97. The lowest BCUT2D eigenvalue weighted by Crippen LogP contribution is -2.64. The number of hydrogen-bond acceptors (Lipinski definition) is 3. The van der Waals surface area contributed by atoms with E-state index in [1.165, 1.54) is 0 Å². The van der Waals surface area contributed by atoms with E-state index in [0.29, 0.717) is 25.9 Å². The molecule has 5 heteroatoms. The summed E-state index contributed by atoms with van der Waals surface area (Å²) in [7, 11) is 1.83. The van der Waals surface area contributed by atoms with Crippen molar-refractivity contribution in [3.05, 3.63) is 0 Å². The van der Waals surface area contributed by atoms with Crippen molar-refractivity contribution in [2.24, 2.45) is 10.8 Å². The first kappa shape index (κ1) is 13.4. The van der Waals surface area contributed by atoms with Gasteiger partial charge in [-0.15, -0.1) is 0 Å². The fourth-order valence-corrected chi connectivity index (χ4v) is 4.07. The van der Waals surface area contributed by atoms with E-state index in [1.807, 2.05) is 11.9 Å². The predicted octanol–water partition coefficient (Wildman–Crippen LogP) is 1.15. The maximum atomic E-state index is 12.6. The summed E-state index contributed by atoms with van der Waals surface area (Å²) < 4.78 is 0. The Labute approximate surface area is 119 Å². The van der Waals surface area contributed by atoms with E-state index in [-0.39, 0.29) is 17.2 Å². The van der Waals surface area contributed by atoms with Crippen molar-refractivity contribution in [3.63, 3.8) is 0 Å². The van der Waals surface area contributed by atoms with Crippen LogP contribution in [0.25, 0.3) is 0 Å². The van der Waals surface area contributed by atoms with Crippen LogP contribution in [-0.2, 0) is 9.59 Å². The monoisotopic (exact) mass is 275 g/mol. The van der Waals surface area contributed by atoms with E-state index in [1.54, 1.807) is 4.90 Å². The molecule has 20 heavy (non-hydrogen) atoms. The highest BCUT2D eigenvalue weighted by atomic mass is 16.2. The van der Waals surface area contributed by atoms with Crippen molar-refractivity contribution in [3.8, 4) is 6.07 Å². The summed E-state index contributed by atoms with van der Waals surface area (Å²) in [5, 5.41) is 9.40. The zero-order valence-corrected chi connectivity index (χ0v) is 12.0. The number of β-lactam (4-membered cyclic amide) rings is 1. The molecule has 108 valence electrons. The Morgan fingerprint density at radius 1 is 1.20 bits per heavy atom. The van der Waals surface area contributed by atoms with E-state index in [4.69, 9.17) is 0 Å². The molecular weight excluding hydrogens is 254 g/mol. The first-order valence-corrected chi connectivity index (χ1v) is 7.49. The highest BCUT2D eigenvalue weighted by Crippen LogP contribution is 2.44. The van der Waals surface area contributed by atoms with Crippen molar-refractivity contribution in [1.29, 1.82) is 5.26 Å². The van der Waals surface area contributed by atoms with E-state index in [2.05, 4.69) is 6.07 Å². The van der Waals surface area contributed by atoms with Crippen molar-refractivity contribution in [2.75, 3.05) is 26.7 Å². The van der Waals surface area contributed by atoms with Crippen molar-refractivity contribution < 1.29 is 9.59 Å². The van der Waals surface area contributed by atoms with Crippen LogP contribution < -0.4 is 0 Å². The van der Waals surface area contributed by atoms with Gasteiger partial charge < -0.3 is 9.80 Å². The van der Waals surface area contributed by atoms with E-state index >= 15 is 0 Å². The fourth-order valence-electron chi connectivity index (χ4n) is 4.07. The molecule has 2 aliphatic heterocycles. The topological polar surface area (TPSA) is 64.4 Å². The minimum Gasteiger partial charge on any atom is -0.344 e. The maximum Gasteiger partial charge on any atom is 0.243 e.